The van der Waals surface area contributed by atoms with Crippen molar-refractivity contribution in [1.82, 2.24) is 4.90 Å². The molecule has 1 atom stereocenters. The van der Waals surface area contributed by atoms with E-state index in [2.05, 4.69) is 0 Å². The molecule has 1 aliphatic rings. The van der Waals surface area contributed by atoms with Crippen LogP contribution in [-0.2, 0) is 11.2 Å². The van der Waals surface area contributed by atoms with Crippen LogP contribution in [0, 0.1) is 17.6 Å². The fourth-order valence-electron chi connectivity index (χ4n) is 2.78. The van der Waals surface area contributed by atoms with Crippen molar-refractivity contribution >= 4 is 5.91 Å². The summed E-state index contributed by atoms with van der Waals surface area (Å²) in [4.78, 5) is 13.3. The molecule has 0 bridgehead atoms. The van der Waals surface area contributed by atoms with Crippen molar-refractivity contribution in [3.8, 4) is 0 Å². The molecule has 0 spiro atoms. The topological polar surface area (TPSA) is 46.3 Å². The Morgan fingerprint density at radius 1 is 1.35 bits per heavy atom. The van der Waals surface area contributed by atoms with Gasteiger partial charge in [0.2, 0.25) is 5.91 Å². The monoisotopic (exact) mass is 282 g/mol. The fourth-order valence-corrected chi connectivity index (χ4v) is 2.78. The van der Waals surface area contributed by atoms with Crippen molar-refractivity contribution in [3.63, 3.8) is 0 Å². The lowest BCUT2D eigenvalue weighted by atomic mass is 9.91. The first-order valence-electron chi connectivity index (χ1n) is 7.02. The summed E-state index contributed by atoms with van der Waals surface area (Å²) in [6.45, 7) is 1.40. The van der Waals surface area contributed by atoms with Crippen molar-refractivity contribution in [2.24, 2.45) is 11.7 Å². The first kappa shape index (κ1) is 14.9. The highest BCUT2D eigenvalue weighted by molar-refractivity contribution is 5.78. The molecular weight excluding hydrogens is 262 g/mol. The van der Waals surface area contributed by atoms with Gasteiger partial charge < -0.3 is 10.6 Å². The number of amides is 1. The molecule has 2 rings (SSSR count). The van der Waals surface area contributed by atoms with E-state index in [0.29, 0.717) is 25.3 Å². The lowest BCUT2D eigenvalue weighted by Crippen LogP contribution is -2.43. The Bertz CT molecular complexity index is 459. The third-order valence-corrected chi connectivity index (χ3v) is 3.91. The molecule has 0 aliphatic carbocycles. The summed E-state index contributed by atoms with van der Waals surface area (Å²) in [5, 5.41) is 0. The summed E-state index contributed by atoms with van der Waals surface area (Å²) in [6, 6.07) is 3.93. The zero-order valence-corrected chi connectivity index (χ0v) is 11.4. The summed E-state index contributed by atoms with van der Waals surface area (Å²) < 4.78 is 27.1. The molecule has 20 heavy (non-hydrogen) atoms. The molecule has 3 nitrogen and oxygen atoms in total. The first-order valence-corrected chi connectivity index (χ1v) is 7.02. The highest BCUT2D eigenvalue weighted by atomic mass is 19.1. The van der Waals surface area contributed by atoms with Crippen LogP contribution in [0.5, 0.6) is 0 Å². The Hall–Kier alpha value is -1.49. The van der Waals surface area contributed by atoms with E-state index in [1.54, 1.807) is 4.90 Å². The number of hydrogen-bond acceptors (Lipinski definition) is 2. The summed E-state index contributed by atoms with van der Waals surface area (Å²) in [7, 11) is 0. The second-order valence-corrected chi connectivity index (χ2v) is 5.29. The van der Waals surface area contributed by atoms with Gasteiger partial charge in [-0.1, -0.05) is 6.07 Å². The van der Waals surface area contributed by atoms with E-state index in [4.69, 9.17) is 5.73 Å². The van der Waals surface area contributed by atoms with Crippen LogP contribution in [-0.4, -0.2) is 30.4 Å². The molecule has 110 valence electrons. The van der Waals surface area contributed by atoms with Crippen LogP contribution >= 0.6 is 0 Å². The molecule has 2 N–H and O–H groups in total. The maximum atomic E-state index is 13.5. The normalized spacial score (nSPS) is 19.1. The summed E-state index contributed by atoms with van der Waals surface area (Å²) in [5.74, 6) is -0.739. The van der Waals surface area contributed by atoms with Crippen LogP contribution in [0.1, 0.15) is 24.8 Å². The van der Waals surface area contributed by atoms with Gasteiger partial charge in [0, 0.05) is 18.7 Å². The van der Waals surface area contributed by atoms with Crippen molar-refractivity contribution in [2.45, 2.75) is 25.7 Å². The van der Waals surface area contributed by atoms with E-state index in [-0.39, 0.29) is 18.0 Å². The number of piperidine rings is 1. The number of halogens is 2. The molecule has 1 saturated heterocycles. The summed E-state index contributed by atoms with van der Waals surface area (Å²) in [6.07, 6.45) is 2.97. The lowest BCUT2D eigenvalue weighted by Gasteiger charge is -2.32. The van der Waals surface area contributed by atoms with E-state index >= 15 is 0 Å². The second-order valence-electron chi connectivity index (χ2n) is 5.29. The van der Waals surface area contributed by atoms with E-state index in [1.807, 2.05) is 0 Å². The molecule has 1 fully saturated rings. The standard InChI is InChI=1S/C15H20F2N2O/c16-13-4-1-5-14(17)12(13)7-6-11-3-2-8-19(10-11)15(20)9-18/h1,4-5,11H,2-3,6-10,18H2/t11-/m0/s1. The van der Waals surface area contributed by atoms with Crippen molar-refractivity contribution in [1.29, 1.82) is 0 Å². The Morgan fingerprint density at radius 3 is 2.70 bits per heavy atom. The van der Waals surface area contributed by atoms with Crippen LogP contribution in [0.15, 0.2) is 18.2 Å². The lowest BCUT2D eigenvalue weighted by molar-refractivity contribution is -0.131. The number of benzene rings is 1. The van der Waals surface area contributed by atoms with Crippen molar-refractivity contribution in [2.75, 3.05) is 19.6 Å². The van der Waals surface area contributed by atoms with Gasteiger partial charge in [-0.25, -0.2) is 8.78 Å². The molecule has 5 heteroatoms. The molecular formula is C15H20F2N2O. The maximum Gasteiger partial charge on any atom is 0.236 e. The molecule has 0 saturated carbocycles. The predicted molar refractivity (Wildman–Crippen MR) is 73.0 cm³/mol. The third kappa shape index (κ3) is 3.54. The van der Waals surface area contributed by atoms with Crippen LogP contribution in [0.25, 0.3) is 0 Å². The number of rotatable bonds is 4. The molecule has 1 heterocycles. The molecule has 0 unspecified atom stereocenters. The zero-order chi connectivity index (χ0) is 14.5. The minimum absolute atomic E-state index is 0.0225. The van der Waals surface area contributed by atoms with E-state index in [1.165, 1.54) is 18.2 Å². The molecule has 0 radical (unpaired) electrons. The van der Waals surface area contributed by atoms with Gasteiger partial charge in [-0.3, -0.25) is 4.79 Å². The number of hydrogen-bond donors (Lipinski definition) is 1. The SMILES string of the molecule is NCC(=O)N1CCC[C@@H](CCc2c(F)cccc2F)C1. The highest BCUT2D eigenvalue weighted by Gasteiger charge is 2.23. The molecule has 1 aliphatic heterocycles. The molecule has 1 aromatic carbocycles. The van der Waals surface area contributed by atoms with E-state index < -0.39 is 11.6 Å². The van der Waals surface area contributed by atoms with Gasteiger partial charge >= 0.3 is 0 Å². The maximum absolute atomic E-state index is 13.5. The van der Waals surface area contributed by atoms with Gasteiger partial charge in [0.05, 0.1) is 6.54 Å². The molecule has 1 aromatic rings. The number of carbonyl (C=O) groups is 1. The quantitative estimate of drug-likeness (QED) is 0.919. The van der Waals surface area contributed by atoms with Crippen molar-refractivity contribution < 1.29 is 13.6 Å². The zero-order valence-electron chi connectivity index (χ0n) is 11.4. The van der Waals surface area contributed by atoms with Crippen molar-refractivity contribution in [3.05, 3.63) is 35.4 Å². The Morgan fingerprint density at radius 2 is 2.05 bits per heavy atom. The minimum atomic E-state index is -0.490. The van der Waals surface area contributed by atoms with Gasteiger partial charge in [0.1, 0.15) is 11.6 Å². The van der Waals surface area contributed by atoms with Crippen LogP contribution < -0.4 is 5.73 Å². The number of nitrogens with zero attached hydrogens (tertiary/aromatic N) is 1. The first-order chi connectivity index (χ1) is 9.61. The summed E-state index contributed by atoms with van der Waals surface area (Å²) >= 11 is 0. The Kier molecular flexibility index (Phi) is 5.06. The van der Waals surface area contributed by atoms with Gasteiger partial charge in [-0.2, -0.15) is 0 Å². The molecule has 0 aromatic heterocycles. The van der Waals surface area contributed by atoms with Gasteiger partial charge in [0.15, 0.2) is 0 Å². The fraction of sp³-hybridized carbons (Fsp3) is 0.533. The van der Waals surface area contributed by atoms with Crippen LogP contribution in [0.3, 0.4) is 0 Å². The van der Waals surface area contributed by atoms with Crippen LogP contribution in [0.4, 0.5) is 8.78 Å². The second kappa shape index (κ2) is 6.79. The average molecular weight is 282 g/mol. The number of likely N-dealkylation sites (tertiary alicyclic amines) is 1. The third-order valence-electron chi connectivity index (χ3n) is 3.91. The summed E-state index contributed by atoms with van der Waals surface area (Å²) in [5.41, 5.74) is 5.51. The average Bonchev–Trinajstić information content (AvgIpc) is 2.46. The Labute approximate surface area is 117 Å². The van der Waals surface area contributed by atoms with Gasteiger partial charge in [-0.05, 0) is 43.7 Å². The highest BCUT2D eigenvalue weighted by Crippen LogP contribution is 2.23. The van der Waals surface area contributed by atoms with Crippen LogP contribution in [0.2, 0.25) is 0 Å². The van der Waals surface area contributed by atoms with Gasteiger partial charge in [-0.15, -0.1) is 0 Å². The Balaban J connectivity index is 1.92. The minimum Gasteiger partial charge on any atom is -0.341 e. The number of nitrogens with two attached hydrogens (primary N) is 1. The predicted octanol–water partition coefficient (Wildman–Crippen LogP) is 2.09. The van der Waals surface area contributed by atoms with E-state index in [9.17, 15) is 13.6 Å². The smallest absolute Gasteiger partial charge is 0.236 e. The largest absolute Gasteiger partial charge is 0.341 e. The van der Waals surface area contributed by atoms with E-state index in [0.717, 1.165) is 19.4 Å². The van der Waals surface area contributed by atoms with Gasteiger partial charge in [0.25, 0.3) is 0 Å². The number of carbonyl (C=O) groups excluding carboxylic acids is 1. The molecule has 1 amide bonds.